The van der Waals surface area contributed by atoms with Crippen molar-refractivity contribution in [3.63, 3.8) is 0 Å². The molecule has 0 fully saturated rings. The molecule has 0 aromatic carbocycles. The van der Waals surface area contributed by atoms with Crippen molar-refractivity contribution < 1.29 is 17.2 Å². The lowest BCUT2D eigenvalue weighted by molar-refractivity contribution is 0.0922. The SMILES string of the molecule is CCCNCC(F)(F)S(C)(=O)=O. The zero-order valence-electron chi connectivity index (χ0n) is 7.10. The van der Waals surface area contributed by atoms with Crippen LogP contribution in [-0.2, 0) is 9.84 Å². The monoisotopic (exact) mass is 201 g/mol. The maximum atomic E-state index is 12.6. The minimum Gasteiger partial charge on any atom is -0.310 e. The highest BCUT2D eigenvalue weighted by molar-refractivity contribution is 7.91. The van der Waals surface area contributed by atoms with Crippen molar-refractivity contribution in [2.45, 2.75) is 18.6 Å². The molecule has 0 saturated heterocycles. The molecule has 0 saturated carbocycles. The minimum atomic E-state index is -4.28. The number of alkyl halides is 2. The summed E-state index contributed by atoms with van der Waals surface area (Å²) < 4.78 is 46.1. The zero-order chi connectivity index (χ0) is 9.83. The van der Waals surface area contributed by atoms with Gasteiger partial charge in [-0.05, 0) is 13.0 Å². The number of nitrogens with one attached hydrogen (secondary N) is 1. The van der Waals surface area contributed by atoms with E-state index in [9.17, 15) is 17.2 Å². The molecule has 0 aromatic rings. The summed E-state index contributed by atoms with van der Waals surface area (Å²) in [6.07, 6.45) is 1.22. The quantitative estimate of drug-likeness (QED) is 0.663. The molecule has 0 radical (unpaired) electrons. The van der Waals surface area contributed by atoms with E-state index in [1.54, 1.807) is 0 Å². The van der Waals surface area contributed by atoms with Gasteiger partial charge in [0.15, 0.2) is 0 Å². The molecule has 0 aromatic heterocycles. The van der Waals surface area contributed by atoms with E-state index in [4.69, 9.17) is 0 Å². The predicted molar refractivity (Wildman–Crippen MR) is 43.0 cm³/mol. The van der Waals surface area contributed by atoms with Gasteiger partial charge in [0.2, 0.25) is 9.84 Å². The van der Waals surface area contributed by atoms with Gasteiger partial charge in [-0.2, -0.15) is 8.78 Å². The second-order valence-electron chi connectivity index (χ2n) is 2.59. The van der Waals surface area contributed by atoms with E-state index < -0.39 is 21.6 Å². The Balaban J connectivity index is 4.06. The standard InChI is InChI=1S/C6H13F2NO2S/c1-3-4-9-5-6(7,8)12(2,10)11/h9H,3-5H2,1-2H3. The second-order valence-corrected chi connectivity index (χ2v) is 4.73. The van der Waals surface area contributed by atoms with Crippen molar-refractivity contribution in [2.24, 2.45) is 0 Å². The van der Waals surface area contributed by atoms with Crippen molar-refractivity contribution >= 4 is 9.84 Å². The summed E-state index contributed by atoms with van der Waals surface area (Å²) in [7, 11) is -4.28. The number of hydrogen-bond acceptors (Lipinski definition) is 3. The van der Waals surface area contributed by atoms with Crippen molar-refractivity contribution in [1.82, 2.24) is 5.32 Å². The second kappa shape index (κ2) is 4.13. The van der Waals surface area contributed by atoms with Crippen LogP contribution in [-0.4, -0.2) is 33.0 Å². The van der Waals surface area contributed by atoms with Gasteiger partial charge in [-0.25, -0.2) is 8.42 Å². The van der Waals surface area contributed by atoms with E-state index in [-0.39, 0.29) is 0 Å². The lowest BCUT2D eigenvalue weighted by Gasteiger charge is -2.14. The van der Waals surface area contributed by atoms with Crippen LogP contribution in [0.25, 0.3) is 0 Å². The molecule has 1 N–H and O–H groups in total. The van der Waals surface area contributed by atoms with Gasteiger partial charge < -0.3 is 5.32 Å². The van der Waals surface area contributed by atoms with Gasteiger partial charge in [0.1, 0.15) is 0 Å². The van der Waals surface area contributed by atoms with Crippen molar-refractivity contribution in [3.8, 4) is 0 Å². The Kier molecular flexibility index (Phi) is 4.05. The number of hydrogen-bond donors (Lipinski definition) is 1. The van der Waals surface area contributed by atoms with Gasteiger partial charge in [0, 0.05) is 6.26 Å². The lowest BCUT2D eigenvalue weighted by atomic mass is 10.5. The van der Waals surface area contributed by atoms with Crippen molar-refractivity contribution in [2.75, 3.05) is 19.3 Å². The summed E-state index contributed by atoms with van der Waals surface area (Å²) in [5.74, 6) is 0. The molecule has 0 heterocycles. The number of halogens is 2. The normalized spacial score (nSPS) is 13.3. The van der Waals surface area contributed by atoms with Crippen molar-refractivity contribution in [1.29, 1.82) is 0 Å². The lowest BCUT2D eigenvalue weighted by Crippen LogP contribution is -2.39. The molecule has 6 heteroatoms. The fraction of sp³-hybridized carbons (Fsp3) is 1.00. The Morgan fingerprint density at radius 1 is 1.42 bits per heavy atom. The third-order valence-electron chi connectivity index (χ3n) is 1.30. The molecule has 12 heavy (non-hydrogen) atoms. The van der Waals surface area contributed by atoms with Gasteiger partial charge in [-0.1, -0.05) is 6.92 Å². The van der Waals surface area contributed by atoms with Crippen LogP contribution in [0.3, 0.4) is 0 Å². The van der Waals surface area contributed by atoms with E-state index in [0.717, 1.165) is 0 Å². The molecule has 0 amide bonds. The highest BCUT2D eigenvalue weighted by atomic mass is 32.2. The van der Waals surface area contributed by atoms with Crippen molar-refractivity contribution in [3.05, 3.63) is 0 Å². The third-order valence-corrected chi connectivity index (χ3v) is 2.53. The van der Waals surface area contributed by atoms with Gasteiger partial charge in [0.05, 0.1) is 6.54 Å². The Morgan fingerprint density at radius 3 is 2.25 bits per heavy atom. The molecule has 0 rings (SSSR count). The largest absolute Gasteiger partial charge is 0.357 e. The van der Waals surface area contributed by atoms with Crippen LogP contribution in [0, 0.1) is 0 Å². The first-order valence-electron chi connectivity index (χ1n) is 3.59. The molecule has 0 unspecified atom stereocenters. The van der Waals surface area contributed by atoms with E-state index in [0.29, 0.717) is 19.2 Å². The summed E-state index contributed by atoms with van der Waals surface area (Å²) >= 11 is 0. The van der Waals surface area contributed by atoms with Gasteiger partial charge in [-0.3, -0.25) is 0 Å². The zero-order valence-corrected chi connectivity index (χ0v) is 7.92. The fourth-order valence-corrected chi connectivity index (χ4v) is 0.906. The van der Waals surface area contributed by atoms with Crippen LogP contribution in [0.4, 0.5) is 8.78 Å². The first-order chi connectivity index (χ1) is 5.31. The topological polar surface area (TPSA) is 46.2 Å². The maximum absolute atomic E-state index is 12.6. The summed E-state index contributed by atoms with van der Waals surface area (Å²) in [5, 5.41) is -1.30. The average Bonchev–Trinajstić information content (AvgIpc) is 1.85. The first-order valence-corrected chi connectivity index (χ1v) is 5.48. The molecule has 0 aliphatic rings. The van der Waals surface area contributed by atoms with E-state index in [1.165, 1.54) is 0 Å². The van der Waals surface area contributed by atoms with Crippen LogP contribution >= 0.6 is 0 Å². The fourth-order valence-electron chi connectivity index (χ4n) is 0.542. The van der Waals surface area contributed by atoms with Gasteiger partial charge in [0.25, 0.3) is 0 Å². The highest BCUT2D eigenvalue weighted by Gasteiger charge is 2.40. The summed E-state index contributed by atoms with van der Waals surface area (Å²) in [6, 6.07) is 0. The Hall–Kier alpha value is -0.230. The molecule has 0 atom stereocenters. The maximum Gasteiger partial charge on any atom is 0.357 e. The van der Waals surface area contributed by atoms with Crippen LogP contribution in [0.2, 0.25) is 0 Å². The highest BCUT2D eigenvalue weighted by Crippen LogP contribution is 2.18. The first kappa shape index (κ1) is 11.8. The molecular formula is C6H13F2NO2S. The summed E-state index contributed by atoms with van der Waals surface area (Å²) in [5.41, 5.74) is 0. The molecule has 0 aliphatic heterocycles. The Labute approximate surface area is 71.1 Å². The molecule has 3 nitrogen and oxygen atoms in total. The van der Waals surface area contributed by atoms with E-state index >= 15 is 0 Å². The van der Waals surface area contributed by atoms with E-state index in [1.807, 2.05) is 6.92 Å². The van der Waals surface area contributed by atoms with Crippen LogP contribution in [0.1, 0.15) is 13.3 Å². The van der Waals surface area contributed by atoms with Gasteiger partial charge >= 0.3 is 5.25 Å². The minimum absolute atomic E-state index is 0.394. The molecule has 0 aliphatic carbocycles. The summed E-state index contributed by atoms with van der Waals surface area (Å²) in [6.45, 7) is 1.40. The smallest absolute Gasteiger partial charge is 0.310 e. The average molecular weight is 201 g/mol. The van der Waals surface area contributed by atoms with Crippen LogP contribution in [0.5, 0.6) is 0 Å². The van der Waals surface area contributed by atoms with Crippen LogP contribution in [0.15, 0.2) is 0 Å². The Morgan fingerprint density at radius 2 is 1.92 bits per heavy atom. The molecule has 0 spiro atoms. The third kappa shape index (κ3) is 3.44. The van der Waals surface area contributed by atoms with E-state index in [2.05, 4.69) is 5.32 Å². The number of rotatable bonds is 5. The molecule has 0 bridgehead atoms. The molecular weight excluding hydrogens is 188 g/mol. The predicted octanol–water partition coefficient (Wildman–Crippen LogP) is 0.623. The molecule has 74 valence electrons. The Bertz CT molecular complexity index is 226. The van der Waals surface area contributed by atoms with Gasteiger partial charge in [-0.15, -0.1) is 0 Å². The summed E-state index contributed by atoms with van der Waals surface area (Å²) in [4.78, 5) is 0. The van der Waals surface area contributed by atoms with Crippen LogP contribution < -0.4 is 5.32 Å². The number of sulfone groups is 1.